The summed E-state index contributed by atoms with van der Waals surface area (Å²) in [6.07, 6.45) is 6.49. The van der Waals surface area contributed by atoms with Crippen LogP contribution in [-0.2, 0) is 24.1 Å². The number of hydrogen-bond acceptors (Lipinski definition) is 5. The SMILES string of the molecule is CC(C)(C)OOC(=O)CC1CCC2C(CCCC2C(=O)OC(C)(C)C)C1. The highest BCUT2D eigenvalue weighted by Gasteiger charge is 2.42. The van der Waals surface area contributed by atoms with Crippen LogP contribution in [0.5, 0.6) is 0 Å². The van der Waals surface area contributed by atoms with Crippen LogP contribution in [0.1, 0.15) is 86.5 Å². The van der Waals surface area contributed by atoms with Crippen molar-refractivity contribution in [3.8, 4) is 0 Å². The van der Waals surface area contributed by atoms with Crippen LogP contribution in [0.25, 0.3) is 0 Å². The van der Waals surface area contributed by atoms with Gasteiger partial charge in [-0.3, -0.25) is 9.68 Å². The molecule has 2 saturated carbocycles. The molecule has 5 nitrogen and oxygen atoms in total. The third kappa shape index (κ3) is 6.57. The van der Waals surface area contributed by atoms with Crippen molar-refractivity contribution < 1.29 is 24.1 Å². The quantitative estimate of drug-likeness (QED) is 0.404. The maximum atomic E-state index is 12.6. The zero-order chi connectivity index (χ0) is 19.5. The Labute approximate surface area is 158 Å². The van der Waals surface area contributed by atoms with Gasteiger partial charge in [0.2, 0.25) is 0 Å². The monoisotopic (exact) mass is 368 g/mol. The molecule has 0 bridgehead atoms. The first kappa shape index (κ1) is 21.2. The van der Waals surface area contributed by atoms with Crippen molar-refractivity contribution in [2.45, 2.75) is 97.7 Å². The molecule has 2 rings (SSSR count). The molecule has 0 amide bonds. The van der Waals surface area contributed by atoms with Crippen molar-refractivity contribution in [2.24, 2.45) is 23.7 Å². The highest BCUT2D eigenvalue weighted by atomic mass is 17.2. The predicted molar refractivity (Wildman–Crippen MR) is 99.1 cm³/mol. The van der Waals surface area contributed by atoms with E-state index in [0.29, 0.717) is 24.2 Å². The van der Waals surface area contributed by atoms with Gasteiger partial charge in [-0.05, 0) is 85.0 Å². The molecule has 0 radical (unpaired) electrons. The van der Waals surface area contributed by atoms with Gasteiger partial charge in [0.15, 0.2) is 0 Å². The van der Waals surface area contributed by atoms with E-state index >= 15 is 0 Å². The smallest absolute Gasteiger partial charge is 0.342 e. The lowest BCUT2D eigenvalue weighted by Crippen LogP contribution is -2.40. The Morgan fingerprint density at radius 3 is 2.23 bits per heavy atom. The van der Waals surface area contributed by atoms with Crippen LogP contribution >= 0.6 is 0 Å². The molecule has 0 saturated heterocycles. The number of hydrogen-bond donors (Lipinski definition) is 0. The van der Waals surface area contributed by atoms with Crippen LogP contribution in [0.2, 0.25) is 0 Å². The normalized spacial score (nSPS) is 29.6. The second-order valence-corrected chi connectivity index (χ2v) is 10.0. The van der Waals surface area contributed by atoms with Crippen molar-refractivity contribution in [1.82, 2.24) is 0 Å². The molecule has 0 N–H and O–H groups in total. The summed E-state index contributed by atoms with van der Waals surface area (Å²) in [5, 5.41) is 0. The molecule has 150 valence electrons. The Morgan fingerprint density at radius 1 is 0.923 bits per heavy atom. The fourth-order valence-electron chi connectivity index (χ4n) is 4.36. The molecule has 4 atom stereocenters. The Hall–Kier alpha value is -1.10. The van der Waals surface area contributed by atoms with E-state index in [1.807, 2.05) is 41.5 Å². The van der Waals surface area contributed by atoms with Gasteiger partial charge in [0.25, 0.3) is 0 Å². The minimum Gasteiger partial charge on any atom is -0.460 e. The van der Waals surface area contributed by atoms with Crippen LogP contribution < -0.4 is 0 Å². The molecule has 26 heavy (non-hydrogen) atoms. The Morgan fingerprint density at radius 2 is 1.62 bits per heavy atom. The summed E-state index contributed by atoms with van der Waals surface area (Å²) in [5.41, 5.74) is -0.921. The zero-order valence-corrected chi connectivity index (χ0v) is 17.3. The first-order valence-corrected chi connectivity index (χ1v) is 10.1. The van der Waals surface area contributed by atoms with Crippen LogP contribution in [0, 0.1) is 23.7 Å². The minimum atomic E-state index is -0.489. The number of carbonyl (C=O) groups excluding carboxylic acids is 2. The lowest BCUT2D eigenvalue weighted by atomic mass is 9.62. The standard InChI is InChI=1S/C21H36O5/c1-20(2,3)24-19(23)17-9-7-8-15-12-14(10-11-16(15)17)13-18(22)25-26-21(4,5)6/h14-17H,7-13H2,1-6H3. The van der Waals surface area contributed by atoms with Gasteiger partial charge in [0, 0.05) is 0 Å². The third-order valence-corrected chi connectivity index (χ3v) is 5.31. The van der Waals surface area contributed by atoms with E-state index in [1.54, 1.807) is 0 Å². The molecule has 0 spiro atoms. The molecular weight excluding hydrogens is 332 g/mol. The summed E-state index contributed by atoms with van der Waals surface area (Å²) in [4.78, 5) is 34.7. The third-order valence-electron chi connectivity index (χ3n) is 5.31. The molecular formula is C21H36O5. The number of fused-ring (bicyclic) bond motifs is 1. The summed E-state index contributed by atoms with van der Waals surface area (Å²) >= 11 is 0. The highest BCUT2D eigenvalue weighted by Crippen LogP contribution is 2.47. The summed E-state index contributed by atoms with van der Waals surface area (Å²) in [6.45, 7) is 11.3. The van der Waals surface area contributed by atoms with E-state index in [0.717, 1.165) is 38.5 Å². The van der Waals surface area contributed by atoms with Crippen molar-refractivity contribution in [3.05, 3.63) is 0 Å². The molecule has 2 aliphatic rings. The maximum Gasteiger partial charge on any atom is 0.342 e. The first-order valence-electron chi connectivity index (χ1n) is 10.1. The molecule has 0 aromatic rings. The molecule has 0 aromatic heterocycles. The summed E-state index contributed by atoms with van der Waals surface area (Å²) in [6, 6.07) is 0. The van der Waals surface area contributed by atoms with Gasteiger partial charge in [-0.1, -0.05) is 12.8 Å². The molecule has 2 fully saturated rings. The second-order valence-electron chi connectivity index (χ2n) is 10.0. The van der Waals surface area contributed by atoms with Gasteiger partial charge in [0.1, 0.15) is 11.2 Å². The van der Waals surface area contributed by atoms with Crippen molar-refractivity contribution in [1.29, 1.82) is 0 Å². The van der Waals surface area contributed by atoms with E-state index in [9.17, 15) is 9.59 Å². The molecule has 2 aliphatic carbocycles. The van der Waals surface area contributed by atoms with Crippen LogP contribution in [0.15, 0.2) is 0 Å². The fourth-order valence-corrected chi connectivity index (χ4v) is 4.36. The van der Waals surface area contributed by atoms with E-state index in [4.69, 9.17) is 14.5 Å². The molecule has 5 heteroatoms. The Balaban J connectivity index is 1.87. The average molecular weight is 369 g/mol. The summed E-state index contributed by atoms with van der Waals surface area (Å²) < 4.78 is 5.65. The lowest BCUT2D eigenvalue weighted by molar-refractivity contribution is -0.321. The van der Waals surface area contributed by atoms with Crippen LogP contribution in [0.3, 0.4) is 0 Å². The van der Waals surface area contributed by atoms with E-state index in [2.05, 4.69) is 0 Å². The van der Waals surface area contributed by atoms with Gasteiger partial charge in [-0.25, -0.2) is 4.79 Å². The minimum absolute atomic E-state index is 0.0186. The van der Waals surface area contributed by atoms with E-state index < -0.39 is 11.2 Å². The summed E-state index contributed by atoms with van der Waals surface area (Å²) in [5.74, 6) is 0.925. The first-order chi connectivity index (χ1) is 11.9. The van der Waals surface area contributed by atoms with Gasteiger partial charge >= 0.3 is 11.9 Å². The predicted octanol–water partition coefficient (Wildman–Crippen LogP) is 4.82. The number of esters is 1. The van der Waals surface area contributed by atoms with Crippen molar-refractivity contribution >= 4 is 11.9 Å². The average Bonchev–Trinajstić information content (AvgIpc) is 2.50. The van der Waals surface area contributed by atoms with Gasteiger partial charge < -0.3 is 4.74 Å². The number of ether oxygens (including phenoxy) is 1. The second kappa shape index (κ2) is 8.28. The molecule has 0 heterocycles. The number of rotatable bonds is 4. The highest BCUT2D eigenvalue weighted by molar-refractivity contribution is 5.73. The Bertz CT molecular complexity index is 500. The zero-order valence-electron chi connectivity index (χ0n) is 17.3. The van der Waals surface area contributed by atoms with Gasteiger partial charge in [-0.15, -0.1) is 0 Å². The molecule has 0 aromatic carbocycles. The van der Waals surface area contributed by atoms with E-state index in [1.165, 1.54) is 0 Å². The number of carbonyl (C=O) groups is 2. The topological polar surface area (TPSA) is 61.8 Å². The van der Waals surface area contributed by atoms with E-state index in [-0.39, 0.29) is 17.9 Å². The van der Waals surface area contributed by atoms with Crippen LogP contribution in [-0.4, -0.2) is 23.1 Å². The fraction of sp³-hybridized carbons (Fsp3) is 0.905. The van der Waals surface area contributed by atoms with Crippen molar-refractivity contribution in [3.63, 3.8) is 0 Å². The van der Waals surface area contributed by atoms with Crippen LogP contribution in [0.4, 0.5) is 0 Å². The molecule has 0 aliphatic heterocycles. The van der Waals surface area contributed by atoms with Gasteiger partial charge in [0.05, 0.1) is 12.3 Å². The van der Waals surface area contributed by atoms with Gasteiger partial charge in [-0.2, -0.15) is 4.89 Å². The lowest BCUT2D eigenvalue weighted by Gasteiger charge is -2.43. The largest absolute Gasteiger partial charge is 0.460 e. The van der Waals surface area contributed by atoms with Crippen molar-refractivity contribution in [2.75, 3.05) is 0 Å². The summed E-state index contributed by atoms with van der Waals surface area (Å²) in [7, 11) is 0. The maximum absolute atomic E-state index is 12.6. The Kier molecular flexibility index (Phi) is 6.75. The molecule has 4 unspecified atom stereocenters.